The second kappa shape index (κ2) is 6.38. The van der Waals surface area contributed by atoms with Gasteiger partial charge in [-0.15, -0.1) is 0 Å². The molecule has 0 heterocycles. The van der Waals surface area contributed by atoms with Crippen LogP contribution < -0.4 is 11.5 Å². The van der Waals surface area contributed by atoms with E-state index in [-0.39, 0.29) is 12.1 Å². The van der Waals surface area contributed by atoms with E-state index in [9.17, 15) is 5.11 Å². The topological polar surface area (TPSA) is 72.3 Å². The van der Waals surface area contributed by atoms with Crippen molar-refractivity contribution in [1.29, 1.82) is 0 Å². The third-order valence-corrected chi connectivity index (χ3v) is 2.36. The zero-order chi connectivity index (χ0) is 11.3. The van der Waals surface area contributed by atoms with E-state index >= 15 is 0 Å². The van der Waals surface area contributed by atoms with Crippen molar-refractivity contribution in [2.24, 2.45) is 23.3 Å². The molecule has 86 valence electrons. The quantitative estimate of drug-likeness (QED) is 0.604. The molecule has 0 radical (unpaired) electrons. The van der Waals surface area contributed by atoms with Crippen LogP contribution in [0.25, 0.3) is 0 Å². The molecule has 0 unspecified atom stereocenters. The van der Waals surface area contributed by atoms with Crippen LogP contribution in [0.1, 0.15) is 40.5 Å². The Morgan fingerprint density at radius 1 is 0.857 bits per heavy atom. The molecule has 0 aromatic carbocycles. The van der Waals surface area contributed by atoms with Gasteiger partial charge in [-0.25, -0.2) is 0 Å². The second-order valence-corrected chi connectivity index (χ2v) is 5.08. The highest BCUT2D eigenvalue weighted by molar-refractivity contribution is 4.82. The number of hydrogen-bond acceptors (Lipinski definition) is 3. The summed E-state index contributed by atoms with van der Waals surface area (Å²) in [6.07, 6.45) is 1.08. The summed E-state index contributed by atoms with van der Waals surface area (Å²) >= 11 is 0. The van der Waals surface area contributed by atoms with Gasteiger partial charge >= 0.3 is 0 Å². The van der Waals surface area contributed by atoms with Gasteiger partial charge in [-0.2, -0.15) is 0 Å². The van der Waals surface area contributed by atoms with Gasteiger partial charge in [0.25, 0.3) is 0 Å². The fourth-order valence-electron chi connectivity index (χ4n) is 1.69. The highest BCUT2D eigenvalue weighted by Crippen LogP contribution is 2.12. The van der Waals surface area contributed by atoms with Gasteiger partial charge in [0, 0.05) is 12.1 Å². The van der Waals surface area contributed by atoms with E-state index in [2.05, 4.69) is 27.7 Å². The first-order valence-corrected chi connectivity index (χ1v) is 5.53. The lowest BCUT2D eigenvalue weighted by molar-refractivity contribution is 0.0993. The number of hydrogen-bond donors (Lipinski definition) is 3. The minimum atomic E-state index is -0.570. The van der Waals surface area contributed by atoms with Crippen LogP contribution in [0.5, 0.6) is 0 Å². The Kier molecular flexibility index (Phi) is 6.33. The molecule has 0 saturated heterocycles. The van der Waals surface area contributed by atoms with Crippen molar-refractivity contribution in [3.05, 3.63) is 0 Å². The van der Waals surface area contributed by atoms with Gasteiger partial charge < -0.3 is 16.6 Å². The molecule has 2 atom stereocenters. The molecule has 0 saturated carbocycles. The zero-order valence-corrected chi connectivity index (χ0v) is 9.90. The molecule has 14 heavy (non-hydrogen) atoms. The zero-order valence-electron chi connectivity index (χ0n) is 9.90. The second-order valence-electron chi connectivity index (χ2n) is 5.08. The van der Waals surface area contributed by atoms with Crippen molar-refractivity contribution in [3.8, 4) is 0 Å². The highest BCUT2D eigenvalue weighted by Gasteiger charge is 2.23. The van der Waals surface area contributed by atoms with Crippen molar-refractivity contribution in [3.63, 3.8) is 0 Å². The van der Waals surface area contributed by atoms with Crippen molar-refractivity contribution in [1.82, 2.24) is 0 Å². The number of nitrogens with two attached hydrogens (primary N) is 2. The van der Waals surface area contributed by atoms with E-state index < -0.39 is 6.10 Å². The first kappa shape index (κ1) is 13.9. The lowest BCUT2D eigenvalue weighted by Gasteiger charge is -2.26. The van der Waals surface area contributed by atoms with E-state index in [1.54, 1.807) is 0 Å². The Bertz CT molecular complexity index is 132. The summed E-state index contributed by atoms with van der Waals surface area (Å²) in [6, 6.07) is -0.382. The lowest BCUT2D eigenvalue weighted by Crippen LogP contribution is -2.48. The first-order valence-electron chi connectivity index (χ1n) is 5.53. The van der Waals surface area contributed by atoms with Gasteiger partial charge in [-0.3, -0.25) is 0 Å². The van der Waals surface area contributed by atoms with Crippen LogP contribution in [0.4, 0.5) is 0 Å². The van der Waals surface area contributed by atoms with E-state index in [1.807, 2.05) is 0 Å². The monoisotopic (exact) mass is 202 g/mol. The lowest BCUT2D eigenvalue weighted by atomic mass is 9.92. The predicted molar refractivity (Wildman–Crippen MR) is 60.9 cm³/mol. The fourth-order valence-corrected chi connectivity index (χ4v) is 1.69. The summed E-state index contributed by atoms with van der Waals surface area (Å²) < 4.78 is 0. The molecule has 0 amide bonds. The van der Waals surface area contributed by atoms with Gasteiger partial charge in [0.1, 0.15) is 0 Å². The van der Waals surface area contributed by atoms with Crippen LogP contribution in [0.2, 0.25) is 0 Å². The average molecular weight is 202 g/mol. The first-order chi connectivity index (χ1) is 6.34. The summed E-state index contributed by atoms with van der Waals surface area (Å²) in [7, 11) is 0. The third-order valence-electron chi connectivity index (χ3n) is 2.36. The van der Waals surface area contributed by atoms with Gasteiger partial charge in [0.2, 0.25) is 0 Å². The molecular weight excluding hydrogens is 176 g/mol. The normalized spacial score (nSPS) is 16.7. The van der Waals surface area contributed by atoms with Crippen LogP contribution in [-0.4, -0.2) is 23.3 Å². The molecule has 0 aliphatic rings. The number of rotatable bonds is 6. The maximum Gasteiger partial charge on any atom is 0.0841 e. The SMILES string of the molecule is CC(C)C[C@H](N)C(O)[C@@H](N)CC(C)C. The van der Waals surface area contributed by atoms with Gasteiger partial charge in [0.15, 0.2) is 0 Å². The van der Waals surface area contributed by atoms with E-state index in [0.717, 1.165) is 12.8 Å². The molecule has 0 bridgehead atoms. The van der Waals surface area contributed by atoms with Crippen LogP contribution in [0.3, 0.4) is 0 Å². The molecule has 3 heteroatoms. The van der Waals surface area contributed by atoms with Gasteiger partial charge in [-0.1, -0.05) is 27.7 Å². The largest absolute Gasteiger partial charge is 0.390 e. The molecule has 5 N–H and O–H groups in total. The highest BCUT2D eigenvalue weighted by atomic mass is 16.3. The summed E-state index contributed by atoms with van der Waals surface area (Å²) in [5.74, 6) is 1.01. The minimum Gasteiger partial charge on any atom is -0.390 e. The molecule has 0 aromatic heterocycles. The van der Waals surface area contributed by atoms with E-state index in [4.69, 9.17) is 11.5 Å². The van der Waals surface area contributed by atoms with Crippen LogP contribution in [0.15, 0.2) is 0 Å². The summed E-state index contributed by atoms with van der Waals surface area (Å²) in [4.78, 5) is 0. The smallest absolute Gasteiger partial charge is 0.0841 e. The Morgan fingerprint density at radius 2 is 1.14 bits per heavy atom. The molecule has 0 aliphatic heterocycles. The van der Waals surface area contributed by atoms with E-state index in [0.29, 0.717) is 11.8 Å². The van der Waals surface area contributed by atoms with E-state index in [1.165, 1.54) is 0 Å². The fraction of sp³-hybridized carbons (Fsp3) is 1.00. The summed E-state index contributed by atoms with van der Waals surface area (Å²) in [5, 5.41) is 9.83. The number of aliphatic hydroxyl groups excluding tert-OH is 1. The Balaban J connectivity index is 3.96. The standard InChI is InChI=1S/C11H26N2O/c1-7(2)5-9(12)11(14)10(13)6-8(3)4/h7-11,14H,5-6,12-13H2,1-4H3/t9-,10-/m0/s1. The Morgan fingerprint density at radius 3 is 1.36 bits per heavy atom. The molecule has 0 rings (SSSR count). The number of aliphatic hydroxyl groups is 1. The maximum absolute atomic E-state index is 9.83. The van der Waals surface area contributed by atoms with Crippen molar-refractivity contribution in [2.75, 3.05) is 0 Å². The predicted octanol–water partition coefficient (Wildman–Crippen LogP) is 1.09. The summed E-state index contributed by atoms with van der Waals surface area (Å²) in [5.41, 5.74) is 11.7. The Hall–Kier alpha value is -0.120. The molecule has 0 aliphatic carbocycles. The molecule has 0 fully saturated rings. The average Bonchev–Trinajstić information content (AvgIpc) is 2.00. The van der Waals surface area contributed by atoms with Crippen molar-refractivity contribution in [2.45, 2.75) is 58.7 Å². The van der Waals surface area contributed by atoms with Crippen LogP contribution in [0, 0.1) is 11.8 Å². The van der Waals surface area contributed by atoms with Crippen molar-refractivity contribution < 1.29 is 5.11 Å². The third kappa shape index (κ3) is 5.58. The maximum atomic E-state index is 9.83. The molecule has 3 nitrogen and oxygen atoms in total. The van der Waals surface area contributed by atoms with Gasteiger partial charge in [0.05, 0.1) is 6.10 Å². The molecular formula is C11H26N2O. The Labute approximate surface area is 87.9 Å². The van der Waals surface area contributed by atoms with Crippen molar-refractivity contribution >= 4 is 0 Å². The molecule has 0 spiro atoms. The molecule has 0 aromatic rings. The van der Waals surface area contributed by atoms with Crippen LogP contribution >= 0.6 is 0 Å². The van der Waals surface area contributed by atoms with Gasteiger partial charge in [-0.05, 0) is 24.7 Å². The minimum absolute atomic E-state index is 0.191. The summed E-state index contributed by atoms with van der Waals surface area (Å²) in [6.45, 7) is 8.39. The van der Waals surface area contributed by atoms with Crippen LogP contribution in [-0.2, 0) is 0 Å².